The highest BCUT2D eigenvalue weighted by Crippen LogP contribution is 2.13. The number of hydrogen-bond acceptors (Lipinski definition) is 5. The molecule has 2 N–H and O–H groups in total. The Hall–Kier alpha value is -2.83. The monoisotopic (exact) mass is 317 g/mol. The molecule has 0 saturated heterocycles. The van der Waals surface area contributed by atoms with E-state index in [1.807, 2.05) is 6.92 Å². The van der Waals surface area contributed by atoms with E-state index in [2.05, 4.69) is 15.8 Å². The van der Waals surface area contributed by atoms with Crippen molar-refractivity contribution in [1.29, 1.82) is 0 Å². The minimum absolute atomic E-state index is 0.322. The predicted octanol–water partition coefficient (Wildman–Crippen LogP) is 2.79. The van der Waals surface area contributed by atoms with E-state index in [-0.39, 0.29) is 12.0 Å². The van der Waals surface area contributed by atoms with E-state index < -0.39 is 0 Å². The minimum Gasteiger partial charge on any atom is -0.462 e. The summed E-state index contributed by atoms with van der Waals surface area (Å²) in [5, 5.41) is 9.25. The van der Waals surface area contributed by atoms with Crippen LogP contribution in [0.3, 0.4) is 0 Å². The van der Waals surface area contributed by atoms with Gasteiger partial charge in [0.15, 0.2) is 0 Å². The molecule has 0 aliphatic heterocycles. The molecule has 1 aromatic carbocycles. The predicted molar refractivity (Wildman–Crippen MR) is 84.2 cm³/mol. The summed E-state index contributed by atoms with van der Waals surface area (Å²) in [5.41, 5.74) is 2.63. The van der Waals surface area contributed by atoms with Crippen molar-refractivity contribution in [3.63, 3.8) is 0 Å². The van der Waals surface area contributed by atoms with E-state index in [9.17, 15) is 9.59 Å². The number of carbonyl (C=O) groups is 2. The third-order valence-corrected chi connectivity index (χ3v) is 3.26. The van der Waals surface area contributed by atoms with Crippen LogP contribution in [-0.4, -0.2) is 23.8 Å². The van der Waals surface area contributed by atoms with Crippen LogP contribution in [0.1, 0.15) is 34.3 Å². The Labute approximate surface area is 134 Å². The number of aryl methyl sites for hydroxylation is 2. The molecule has 0 radical (unpaired) electrons. The van der Waals surface area contributed by atoms with Gasteiger partial charge in [0.25, 0.3) is 0 Å². The van der Waals surface area contributed by atoms with Crippen LogP contribution in [-0.2, 0) is 11.3 Å². The van der Waals surface area contributed by atoms with Gasteiger partial charge in [-0.1, -0.05) is 5.16 Å². The van der Waals surface area contributed by atoms with Crippen LogP contribution < -0.4 is 10.6 Å². The first kappa shape index (κ1) is 16.5. The maximum absolute atomic E-state index is 11.9. The second kappa shape index (κ2) is 7.44. The molecule has 0 unspecified atom stereocenters. The molecular weight excluding hydrogens is 298 g/mol. The molecule has 0 saturated carbocycles. The number of carbonyl (C=O) groups excluding carboxylic acids is 2. The zero-order valence-electron chi connectivity index (χ0n) is 13.3. The van der Waals surface area contributed by atoms with Gasteiger partial charge in [-0.3, -0.25) is 0 Å². The van der Waals surface area contributed by atoms with Crippen LogP contribution in [0.5, 0.6) is 0 Å². The standard InChI is InChI=1S/C16H19N3O4/c1-4-22-15(20)12-5-7-13(8-6-12)18-16(21)17-9-14-10(2)19-23-11(14)3/h5-8H,4,9H2,1-3H3,(H2,17,18,21). The molecule has 1 heterocycles. The zero-order chi connectivity index (χ0) is 16.8. The van der Waals surface area contributed by atoms with Gasteiger partial charge < -0.3 is 19.9 Å². The van der Waals surface area contributed by atoms with Gasteiger partial charge in [0.05, 0.1) is 17.9 Å². The number of urea groups is 1. The van der Waals surface area contributed by atoms with E-state index >= 15 is 0 Å². The zero-order valence-corrected chi connectivity index (χ0v) is 13.3. The molecule has 0 bridgehead atoms. The van der Waals surface area contributed by atoms with Gasteiger partial charge in [0.2, 0.25) is 0 Å². The Balaban J connectivity index is 1.89. The first-order valence-corrected chi connectivity index (χ1v) is 7.25. The van der Waals surface area contributed by atoms with Gasteiger partial charge in [0, 0.05) is 17.8 Å². The average molecular weight is 317 g/mol. The van der Waals surface area contributed by atoms with Crippen LogP contribution in [0.25, 0.3) is 0 Å². The molecule has 7 nitrogen and oxygen atoms in total. The van der Waals surface area contributed by atoms with Crippen LogP contribution >= 0.6 is 0 Å². The SMILES string of the molecule is CCOC(=O)c1ccc(NC(=O)NCc2c(C)noc2C)cc1. The van der Waals surface area contributed by atoms with Crippen molar-refractivity contribution in [3.8, 4) is 0 Å². The van der Waals surface area contributed by atoms with Crippen molar-refractivity contribution in [2.24, 2.45) is 0 Å². The summed E-state index contributed by atoms with van der Waals surface area (Å²) in [7, 11) is 0. The molecule has 2 rings (SSSR count). The lowest BCUT2D eigenvalue weighted by Crippen LogP contribution is -2.28. The maximum atomic E-state index is 11.9. The summed E-state index contributed by atoms with van der Waals surface area (Å²) in [5.74, 6) is 0.295. The first-order valence-electron chi connectivity index (χ1n) is 7.25. The van der Waals surface area contributed by atoms with E-state index in [0.29, 0.717) is 30.2 Å². The lowest BCUT2D eigenvalue weighted by molar-refractivity contribution is 0.0526. The summed E-state index contributed by atoms with van der Waals surface area (Å²) in [4.78, 5) is 23.4. The van der Waals surface area contributed by atoms with Crippen molar-refractivity contribution in [3.05, 3.63) is 46.8 Å². The second-order valence-corrected chi connectivity index (χ2v) is 4.91. The summed E-state index contributed by atoms with van der Waals surface area (Å²) >= 11 is 0. The molecule has 0 atom stereocenters. The molecule has 1 aromatic heterocycles. The lowest BCUT2D eigenvalue weighted by Gasteiger charge is -2.08. The smallest absolute Gasteiger partial charge is 0.338 e. The van der Waals surface area contributed by atoms with Crippen molar-refractivity contribution >= 4 is 17.7 Å². The fraction of sp³-hybridized carbons (Fsp3) is 0.312. The van der Waals surface area contributed by atoms with Crippen molar-refractivity contribution in [2.45, 2.75) is 27.3 Å². The molecule has 0 spiro atoms. The number of nitrogens with one attached hydrogen (secondary N) is 2. The van der Waals surface area contributed by atoms with Crippen LogP contribution in [0.15, 0.2) is 28.8 Å². The molecule has 0 aliphatic carbocycles. The van der Waals surface area contributed by atoms with Gasteiger partial charge in [-0.2, -0.15) is 0 Å². The Morgan fingerprint density at radius 2 is 1.91 bits per heavy atom. The summed E-state index contributed by atoms with van der Waals surface area (Å²) in [6.07, 6.45) is 0. The summed E-state index contributed by atoms with van der Waals surface area (Å²) < 4.78 is 9.93. The van der Waals surface area contributed by atoms with Gasteiger partial charge in [0.1, 0.15) is 5.76 Å². The van der Waals surface area contributed by atoms with Gasteiger partial charge >= 0.3 is 12.0 Å². The van der Waals surface area contributed by atoms with Gasteiger partial charge in [-0.15, -0.1) is 0 Å². The Morgan fingerprint density at radius 1 is 1.22 bits per heavy atom. The van der Waals surface area contributed by atoms with Crippen molar-refractivity contribution < 1.29 is 18.8 Å². The normalized spacial score (nSPS) is 10.2. The largest absolute Gasteiger partial charge is 0.462 e. The first-order chi connectivity index (χ1) is 11.0. The quantitative estimate of drug-likeness (QED) is 0.827. The molecular formula is C16H19N3O4. The number of nitrogens with zero attached hydrogens (tertiary/aromatic N) is 1. The molecule has 122 valence electrons. The highest BCUT2D eigenvalue weighted by Gasteiger charge is 2.11. The summed E-state index contributed by atoms with van der Waals surface area (Å²) in [6.45, 7) is 6.01. The number of benzene rings is 1. The van der Waals surface area contributed by atoms with Gasteiger partial charge in [-0.05, 0) is 45.0 Å². The third-order valence-electron chi connectivity index (χ3n) is 3.26. The average Bonchev–Trinajstić information content (AvgIpc) is 2.85. The number of esters is 1. The highest BCUT2D eigenvalue weighted by atomic mass is 16.5. The highest BCUT2D eigenvalue weighted by molar-refractivity contribution is 5.92. The maximum Gasteiger partial charge on any atom is 0.338 e. The second-order valence-electron chi connectivity index (χ2n) is 4.91. The number of anilines is 1. The van der Waals surface area contributed by atoms with Crippen molar-refractivity contribution in [1.82, 2.24) is 10.5 Å². The lowest BCUT2D eigenvalue weighted by atomic mass is 10.2. The Morgan fingerprint density at radius 3 is 2.48 bits per heavy atom. The van der Waals surface area contributed by atoms with Crippen molar-refractivity contribution in [2.75, 3.05) is 11.9 Å². The molecule has 7 heteroatoms. The summed E-state index contributed by atoms with van der Waals surface area (Å²) in [6, 6.07) is 6.13. The number of aromatic nitrogens is 1. The fourth-order valence-corrected chi connectivity index (χ4v) is 2.00. The van der Waals surface area contributed by atoms with Crippen LogP contribution in [0, 0.1) is 13.8 Å². The van der Waals surface area contributed by atoms with Gasteiger partial charge in [-0.25, -0.2) is 9.59 Å². The number of rotatable bonds is 5. The molecule has 0 fully saturated rings. The molecule has 0 aliphatic rings. The topological polar surface area (TPSA) is 93.5 Å². The molecule has 2 amide bonds. The van der Waals surface area contributed by atoms with E-state index in [0.717, 1.165) is 11.3 Å². The fourth-order valence-electron chi connectivity index (χ4n) is 2.00. The minimum atomic E-state index is -0.387. The van der Waals surface area contributed by atoms with E-state index in [4.69, 9.17) is 9.26 Å². The van der Waals surface area contributed by atoms with E-state index in [1.54, 1.807) is 38.1 Å². The number of hydrogen-bond donors (Lipinski definition) is 2. The molecule has 2 aromatic rings. The Kier molecular flexibility index (Phi) is 5.35. The van der Waals surface area contributed by atoms with Crippen LogP contribution in [0.2, 0.25) is 0 Å². The third kappa shape index (κ3) is 4.32. The number of ether oxygens (including phenoxy) is 1. The van der Waals surface area contributed by atoms with E-state index in [1.165, 1.54) is 0 Å². The molecule has 23 heavy (non-hydrogen) atoms. The number of amides is 2. The Bertz CT molecular complexity index is 672. The van der Waals surface area contributed by atoms with Crippen LogP contribution in [0.4, 0.5) is 10.5 Å².